The zero-order chi connectivity index (χ0) is 22.7. The van der Waals surface area contributed by atoms with E-state index < -0.39 is 7.92 Å². The van der Waals surface area contributed by atoms with Crippen molar-refractivity contribution in [3.63, 3.8) is 0 Å². The number of hydrogen-bond donors (Lipinski definition) is 0. The van der Waals surface area contributed by atoms with Crippen LogP contribution in [-0.2, 0) is 0 Å². The second kappa shape index (κ2) is 10.1. The number of nitrogens with zero attached hydrogens (tertiary/aromatic N) is 2. The molecule has 0 saturated carbocycles. The Kier molecular flexibility index (Phi) is 6.54. The summed E-state index contributed by atoms with van der Waals surface area (Å²) in [6.07, 6.45) is 10.2. The molecule has 2 aliphatic heterocycles. The van der Waals surface area contributed by atoms with Crippen molar-refractivity contribution in [1.82, 2.24) is 9.97 Å². The molecule has 2 fully saturated rings. The van der Waals surface area contributed by atoms with E-state index in [-0.39, 0.29) is 7.92 Å². The van der Waals surface area contributed by atoms with Gasteiger partial charge in [0.15, 0.2) is 0 Å². The largest absolute Gasteiger partial charge is 0.253 e. The molecule has 2 nitrogen and oxygen atoms in total. The summed E-state index contributed by atoms with van der Waals surface area (Å²) >= 11 is 0. The summed E-state index contributed by atoms with van der Waals surface area (Å²) in [6, 6.07) is 33.5. The minimum atomic E-state index is -0.502. The Bertz CT molecular complexity index is 1170. The first-order chi connectivity index (χ1) is 16.9. The summed E-state index contributed by atoms with van der Waals surface area (Å²) in [5.41, 5.74) is 8.82. The smallest absolute Gasteiger partial charge is 0.0901 e. The van der Waals surface area contributed by atoms with Gasteiger partial charge in [-0.2, -0.15) is 0 Å². The van der Waals surface area contributed by atoms with Crippen LogP contribution >= 0.6 is 15.8 Å². The predicted octanol–water partition coefficient (Wildman–Crippen LogP) is 7.50. The third-order valence-corrected chi connectivity index (χ3v) is 13.8. The van der Waals surface area contributed by atoms with Crippen LogP contribution in [0.15, 0.2) is 103 Å². The Balaban J connectivity index is 1.45. The molecule has 5 atom stereocenters. The molecule has 0 aliphatic carbocycles. The van der Waals surface area contributed by atoms with E-state index in [1.807, 2.05) is 12.4 Å². The lowest BCUT2D eigenvalue weighted by Gasteiger charge is -2.30. The van der Waals surface area contributed by atoms with Gasteiger partial charge in [-0.1, -0.05) is 91.0 Å². The van der Waals surface area contributed by atoms with Crippen molar-refractivity contribution in [1.29, 1.82) is 0 Å². The molecule has 3 unspecified atom stereocenters. The zero-order valence-electron chi connectivity index (χ0n) is 19.4. The predicted molar refractivity (Wildman–Crippen MR) is 146 cm³/mol. The highest BCUT2D eigenvalue weighted by atomic mass is 31.1. The van der Waals surface area contributed by atoms with E-state index in [2.05, 4.69) is 91.0 Å². The van der Waals surface area contributed by atoms with E-state index in [1.165, 1.54) is 59.4 Å². The first-order valence-corrected chi connectivity index (χ1v) is 15.5. The monoisotopic (exact) mass is 480 g/mol. The van der Waals surface area contributed by atoms with Crippen molar-refractivity contribution in [3.8, 4) is 0 Å². The quantitative estimate of drug-likeness (QED) is 0.276. The summed E-state index contributed by atoms with van der Waals surface area (Å²) in [4.78, 5) is 10.3. The number of rotatable bonds is 5. The average molecular weight is 481 g/mol. The second-order valence-corrected chi connectivity index (χ2v) is 14.2. The SMILES string of the molecule is c1ccc(C2CC[C@H](c3ccccc3)P2c2nccnc2P2CCC[C@@H]2c2ccccc2)cc1. The molecule has 0 radical (unpaired) electrons. The fraction of sp³-hybridized carbons (Fsp3) is 0.267. The van der Waals surface area contributed by atoms with Gasteiger partial charge in [-0.25, -0.2) is 0 Å². The standard InChI is InChI=1S/C30H30N2P2/c1-4-11-23(12-5-1)26-17-10-22-33(26)29-30(32-21-20-31-29)34-27(24-13-6-2-7-14-24)18-19-28(34)25-15-8-3-9-16-25/h1-9,11-16,20-21,26-28H,10,17-19,22H2/t26-,27-,28?,33?,34?/m1/s1. The van der Waals surface area contributed by atoms with Crippen molar-refractivity contribution in [3.05, 3.63) is 120 Å². The summed E-state index contributed by atoms with van der Waals surface area (Å²) < 4.78 is 0. The molecule has 0 amide bonds. The maximum absolute atomic E-state index is 5.17. The summed E-state index contributed by atoms with van der Waals surface area (Å²) in [6.45, 7) is 0. The Morgan fingerprint density at radius 2 is 1.00 bits per heavy atom. The molecule has 4 heteroatoms. The lowest BCUT2D eigenvalue weighted by Crippen LogP contribution is -2.30. The van der Waals surface area contributed by atoms with Gasteiger partial charge in [0.1, 0.15) is 0 Å². The van der Waals surface area contributed by atoms with Crippen molar-refractivity contribution in [2.24, 2.45) is 0 Å². The fourth-order valence-corrected chi connectivity index (χ4v) is 12.8. The number of hydrogen-bond acceptors (Lipinski definition) is 2. The first kappa shape index (κ1) is 22.1. The normalized spacial score (nSPS) is 26.5. The highest BCUT2D eigenvalue weighted by Gasteiger charge is 2.42. The van der Waals surface area contributed by atoms with Gasteiger partial charge in [-0.3, -0.25) is 9.97 Å². The van der Waals surface area contributed by atoms with Crippen LogP contribution in [0.4, 0.5) is 0 Å². The van der Waals surface area contributed by atoms with Gasteiger partial charge in [0.2, 0.25) is 0 Å². The summed E-state index contributed by atoms with van der Waals surface area (Å²) in [5.74, 6) is 0. The van der Waals surface area contributed by atoms with Gasteiger partial charge in [-0.15, -0.1) is 0 Å². The van der Waals surface area contributed by atoms with Crippen LogP contribution < -0.4 is 10.9 Å². The molecule has 2 saturated heterocycles. The molecular weight excluding hydrogens is 450 g/mol. The van der Waals surface area contributed by atoms with E-state index in [1.54, 1.807) is 0 Å². The van der Waals surface area contributed by atoms with Gasteiger partial charge in [0.25, 0.3) is 0 Å². The third kappa shape index (κ3) is 4.24. The number of benzene rings is 3. The third-order valence-electron chi connectivity index (χ3n) is 7.37. The van der Waals surface area contributed by atoms with Crippen LogP contribution in [0.3, 0.4) is 0 Å². The van der Waals surface area contributed by atoms with E-state index >= 15 is 0 Å². The summed E-state index contributed by atoms with van der Waals surface area (Å²) in [7, 11) is -0.852. The van der Waals surface area contributed by atoms with Crippen molar-refractivity contribution >= 4 is 26.7 Å². The van der Waals surface area contributed by atoms with Crippen molar-refractivity contribution in [2.45, 2.75) is 42.7 Å². The van der Waals surface area contributed by atoms with Crippen LogP contribution in [0, 0.1) is 0 Å². The Labute approximate surface area is 205 Å². The molecule has 0 spiro atoms. The lowest BCUT2D eigenvalue weighted by molar-refractivity contribution is 0.765. The van der Waals surface area contributed by atoms with Crippen LogP contribution in [-0.4, -0.2) is 16.1 Å². The van der Waals surface area contributed by atoms with E-state index in [4.69, 9.17) is 9.97 Å². The van der Waals surface area contributed by atoms with Gasteiger partial charge >= 0.3 is 0 Å². The van der Waals surface area contributed by atoms with Gasteiger partial charge < -0.3 is 0 Å². The van der Waals surface area contributed by atoms with Crippen molar-refractivity contribution in [2.75, 3.05) is 6.16 Å². The highest BCUT2D eigenvalue weighted by Crippen LogP contribution is 2.70. The molecule has 0 N–H and O–H groups in total. The summed E-state index contributed by atoms with van der Waals surface area (Å²) in [5, 5.41) is 0. The molecule has 170 valence electrons. The molecular formula is C30H30N2P2. The average Bonchev–Trinajstić information content (AvgIpc) is 3.58. The Morgan fingerprint density at radius 3 is 1.53 bits per heavy atom. The van der Waals surface area contributed by atoms with Crippen LogP contribution in [0.5, 0.6) is 0 Å². The highest BCUT2D eigenvalue weighted by molar-refractivity contribution is 7.72. The van der Waals surface area contributed by atoms with Gasteiger partial charge in [0.05, 0.1) is 10.9 Å². The van der Waals surface area contributed by atoms with E-state index in [9.17, 15) is 0 Å². The topological polar surface area (TPSA) is 25.8 Å². The molecule has 2 aliphatic rings. The van der Waals surface area contributed by atoms with E-state index in [0.29, 0.717) is 17.0 Å². The van der Waals surface area contributed by atoms with Gasteiger partial charge in [0, 0.05) is 29.4 Å². The molecule has 3 aromatic carbocycles. The zero-order valence-corrected chi connectivity index (χ0v) is 21.2. The van der Waals surface area contributed by atoms with Crippen LogP contribution in [0.25, 0.3) is 0 Å². The molecule has 34 heavy (non-hydrogen) atoms. The Morgan fingerprint density at radius 1 is 0.529 bits per heavy atom. The maximum atomic E-state index is 5.17. The van der Waals surface area contributed by atoms with Gasteiger partial charge in [-0.05, 0) is 64.4 Å². The molecule has 6 rings (SSSR count). The second-order valence-electron chi connectivity index (χ2n) is 9.30. The van der Waals surface area contributed by atoms with Crippen LogP contribution in [0.2, 0.25) is 0 Å². The minimum Gasteiger partial charge on any atom is -0.253 e. The lowest BCUT2D eigenvalue weighted by atomic mass is 10.0. The molecule has 4 aromatic rings. The molecule has 1 aromatic heterocycles. The maximum Gasteiger partial charge on any atom is 0.0901 e. The number of aromatic nitrogens is 2. The molecule has 3 heterocycles. The fourth-order valence-electron chi connectivity index (χ4n) is 5.86. The van der Waals surface area contributed by atoms with Crippen LogP contribution in [0.1, 0.15) is 59.4 Å². The van der Waals surface area contributed by atoms with E-state index in [0.717, 1.165) is 0 Å². The first-order valence-electron chi connectivity index (χ1n) is 12.4. The minimum absolute atomic E-state index is 0.350. The molecule has 0 bridgehead atoms. The Hall–Kier alpha value is -2.40. The van der Waals surface area contributed by atoms with Crippen molar-refractivity contribution < 1.29 is 0 Å².